The Morgan fingerprint density at radius 3 is 2.71 bits per heavy atom. The summed E-state index contributed by atoms with van der Waals surface area (Å²) in [6.07, 6.45) is 9.14. The Balaban J connectivity index is 2.07. The molecule has 0 spiro atoms. The highest BCUT2D eigenvalue weighted by molar-refractivity contribution is 5.20. The van der Waals surface area contributed by atoms with Crippen molar-refractivity contribution < 1.29 is 0 Å². The summed E-state index contributed by atoms with van der Waals surface area (Å²) < 4.78 is 1.93. The van der Waals surface area contributed by atoms with Crippen LogP contribution in [0.25, 0.3) is 0 Å². The van der Waals surface area contributed by atoms with Crippen LogP contribution in [-0.4, -0.2) is 16.3 Å². The average Bonchev–Trinajstić information content (AvgIpc) is 2.88. The molecular formula is C14H25N3. The van der Waals surface area contributed by atoms with Gasteiger partial charge in [-0.05, 0) is 25.8 Å². The number of aryl methyl sites for hydroxylation is 2. The minimum absolute atomic E-state index is 0.497. The van der Waals surface area contributed by atoms with E-state index in [0.717, 1.165) is 12.5 Å². The number of nitrogens with zero attached hydrogens (tertiary/aromatic N) is 2. The van der Waals surface area contributed by atoms with Crippen molar-refractivity contribution in [2.24, 2.45) is 13.0 Å². The fraction of sp³-hybridized carbons (Fsp3) is 0.786. The second-order valence-electron chi connectivity index (χ2n) is 5.34. The van der Waals surface area contributed by atoms with E-state index in [9.17, 15) is 0 Å². The van der Waals surface area contributed by atoms with Crippen LogP contribution in [0, 0.1) is 12.8 Å². The molecule has 1 heterocycles. The zero-order valence-corrected chi connectivity index (χ0v) is 11.4. The SMILES string of the molecule is CCNC(CC1CCCC1)c1cn(C)nc1C. The molecule has 0 bridgehead atoms. The molecule has 0 aliphatic heterocycles. The Kier molecular flexibility index (Phi) is 4.21. The Morgan fingerprint density at radius 2 is 2.18 bits per heavy atom. The Bertz CT molecular complexity index is 350. The van der Waals surface area contributed by atoms with Gasteiger partial charge in [0.2, 0.25) is 0 Å². The minimum atomic E-state index is 0.497. The molecule has 1 unspecified atom stereocenters. The molecular weight excluding hydrogens is 210 g/mol. The van der Waals surface area contributed by atoms with Crippen LogP contribution < -0.4 is 5.32 Å². The van der Waals surface area contributed by atoms with Crippen molar-refractivity contribution >= 4 is 0 Å². The van der Waals surface area contributed by atoms with Gasteiger partial charge in [0.05, 0.1) is 5.69 Å². The van der Waals surface area contributed by atoms with E-state index in [1.165, 1.54) is 43.4 Å². The van der Waals surface area contributed by atoms with E-state index < -0.39 is 0 Å². The predicted molar refractivity (Wildman–Crippen MR) is 70.9 cm³/mol. The van der Waals surface area contributed by atoms with Crippen LogP contribution in [-0.2, 0) is 7.05 Å². The molecule has 96 valence electrons. The van der Waals surface area contributed by atoms with Crippen molar-refractivity contribution in [2.45, 2.75) is 52.0 Å². The first-order chi connectivity index (χ1) is 8.20. The van der Waals surface area contributed by atoms with Crippen molar-refractivity contribution in [3.63, 3.8) is 0 Å². The van der Waals surface area contributed by atoms with Crippen molar-refractivity contribution in [2.75, 3.05) is 6.54 Å². The fourth-order valence-corrected chi connectivity index (χ4v) is 3.11. The van der Waals surface area contributed by atoms with Crippen LogP contribution in [0.3, 0.4) is 0 Å². The van der Waals surface area contributed by atoms with Crippen LogP contribution in [0.4, 0.5) is 0 Å². The lowest BCUT2D eigenvalue weighted by molar-refractivity contribution is 0.399. The highest BCUT2D eigenvalue weighted by Crippen LogP contribution is 2.33. The molecule has 1 fully saturated rings. The maximum atomic E-state index is 4.47. The number of rotatable bonds is 5. The van der Waals surface area contributed by atoms with Gasteiger partial charge in [-0.1, -0.05) is 32.6 Å². The van der Waals surface area contributed by atoms with Gasteiger partial charge in [0.1, 0.15) is 0 Å². The van der Waals surface area contributed by atoms with Gasteiger partial charge in [-0.25, -0.2) is 0 Å². The Labute approximate surface area is 105 Å². The highest BCUT2D eigenvalue weighted by atomic mass is 15.3. The van der Waals surface area contributed by atoms with Crippen LogP contribution in [0.1, 0.15) is 56.3 Å². The molecule has 2 rings (SSSR count). The quantitative estimate of drug-likeness (QED) is 0.850. The lowest BCUT2D eigenvalue weighted by Crippen LogP contribution is -2.23. The molecule has 3 heteroatoms. The summed E-state index contributed by atoms with van der Waals surface area (Å²) in [4.78, 5) is 0. The summed E-state index contributed by atoms with van der Waals surface area (Å²) in [6.45, 7) is 5.34. The van der Waals surface area contributed by atoms with Gasteiger partial charge in [-0.15, -0.1) is 0 Å². The third-order valence-corrected chi connectivity index (χ3v) is 3.92. The average molecular weight is 235 g/mol. The van der Waals surface area contributed by atoms with E-state index in [1.54, 1.807) is 0 Å². The van der Waals surface area contributed by atoms with Crippen molar-refractivity contribution in [1.29, 1.82) is 0 Å². The Morgan fingerprint density at radius 1 is 1.47 bits per heavy atom. The second kappa shape index (κ2) is 5.67. The van der Waals surface area contributed by atoms with Crippen molar-refractivity contribution in [3.8, 4) is 0 Å². The molecule has 1 atom stereocenters. The standard InChI is InChI=1S/C14H25N3/c1-4-15-14(9-12-7-5-6-8-12)13-10-17(3)16-11(13)2/h10,12,14-15H,4-9H2,1-3H3. The molecule has 1 aromatic heterocycles. The van der Waals surface area contributed by atoms with Gasteiger partial charge in [0, 0.05) is 24.8 Å². The van der Waals surface area contributed by atoms with Gasteiger partial charge in [-0.2, -0.15) is 5.10 Å². The van der Waals surface area contributed by atoms with Crippen LogP contribution >= 0.6 is 0 Å². The topological polar surface area (TPSA) is 29.9 Å². The monoisotopic (exact) mass is 235 g/mol. The zero-order valence-electron chi connectivity index (χ0n) is 11.4. The lowest BCUT2D eigenvalue weighted by atomic mass is 9.94. The van der Waals surface area contributed by atoms with Gasteiger partial charge in [0.15, 0.2) is 0 Å². The minimum Gasteiger partial charge on any atom is -0.310 e. The summed E-state index contributed by atoms with van der Waals surface area (Å²) in [6, 6.07) is 0.497. The third kappa shape index (κ3) is 3.09. The van der Waals surface area contributed by atoms with Gasteiger partial charge in [0.25, 0.3) is 0 Å². The largest absolute Gasteiger partial charge is 0.310 e. The van der Waals surface area contributed by atoms with Crippen LogP contribution in [0.15, 0.2) is 6.20 Å². The fourth-order valence-electron chi connectivity index (χ4n) is 3.11. The van der Waals surface area contributed by atoms with E-state index in [4.69, 9.17) is 0 Å². The maximum Gasteiger partial charge on any atom is 0.0641 e. The van der Waals surface area contributed by atoms with E-state index in [2.05, 4.69) is 30.5 Å². The molecule has 0 radical (unpaired) electrons. The first-order valence-corrected chi connectivity index (χ1v) is 6.94. The molecule has 1 saturated carbocycles. The number of nitrogens with one attached hydrogen (secondary N) is 1. The van der Waals surface area contributed by atoms with E-state index in [-0.39, 0.29) is 0 Å². The normalized spacial score (nSPS) is 18.8. The molecule has 17 heavy (non-hydrogen) atoms. The van der Waals surface area contributed by atoms with Gasteiger partial charge >= 0.3 is 0 Å². The zero-order chi connectivity index (χ0) is 12.3. The third-order valence-electron chi connectivity index (χ3n) is 3.92. The van der Waals surface area contributed by atoms with Crippen molar-refractivity contribution in [3.05, 3.63) is 17.5 Å². The first-order valence-electron chi connectivity index (χ1n) is 6.94. The summed E-state index contributed by atoms with van der Waals surface area (Å²) in [5, 5.41) is 8.09. The summed E-state index contributed by atoms with van der Waals surface area (Å²) >= 11 is 0. The number of aromatic nitrogens is 2. The van der Waals surface area contributed by atoms with Gasteiger partial charge < -0.3 is 5.32 Å². The highest BCUT2D eigenvalue weighted by Gasteiger charge is 2.22. The maximum absolute atomic E-state index is 4.47. The molecule has 3 nitrogen and oxygen atoms in total. The summed E-state index contributed by atoms with van der Waals surface area (Å²) in [5.41, 5.74) is 2.57. The summed E-state index contributed by atoms with van der Waals surface area (Å²) in [7, 11) is 2.01. The molecule has 0 amide bonds. The number of hydrogen-bond acceptors (Lipinski definition) is 2. The van der Waals surface area contributed by atoms with Crippen molar-refractivity contribution in [1.82, 2.24) is 15.1 Å². The molecule has 1 aliphatic carbocycles. The smallest absolute Gasteiger partial charge is 0.0641 e. The Hall–Kier alpha value is -0.830. The molecule has 0 saturated heterocycles. The molecule has 1 aliphatic rings. The van der Waals surface area contributed by atoms with E-state index in [1.807, 2.05) is 11.7 Å². The van der Waals surface area contributed by atoms with Crippen LogP contribution in [0.5, 0.6) is 0 Å². The lowest BCUT2D eigenvalue weighted by Gasteiger charge is -2.21. The summed E-state index contributed by atoms with van der Waals surface area (Å²) in [5.74, 6) is 0.915. The number of hydrogen-bond donors (Lipinski definition) is 1. The predicted octanol–water partition coefficient (Wildman–Crippen LogP) is 2.96. The van der Waals surface area contributed by atoms with Gasteiger partial charge in [-0.3, -0.25) is 4.68 Å². The molecule has 0 aromatic carbocycles. The second-order valence-corrected chi connectivity index (χ2v) is 5.34. The first kappa shape index (κ1) is 12.6. The van der Waals surface area contributed by atoms with E-state index >= 15 is 0 Å². The molecule has 1 aromatic rings. The van der Waals surface area contributed by atoms with E-state index in [0.29, 0.717) is 6.04 Å². The molecule has 1 N–H and O–H groups in total. The van der Waals surface area contributed by atoms with Crippen LogP contribution in [0.2, 0.25) is 0 Å².